The van der Waals surface area contributed by atoms with Gasteiger partial charge in [-0.05, 0) is 56.8 Å². The summed E-state index contributed by atoms with van der Waals surface area (Å²) in [4.78, 5) is 2.59. The molecule has 104 valence electrons. The first-order valence-corrected chi connectivity index (χ1v) is 7.84. The largest absolute Gasteiger partial charge is 0.364 e. The van der Waals surface area contributed by atoms with E-state index >= 15 is 0 Å². The second-order valence-electron chi connectivity index (χ2n) is 5.97. The number of hydrogen-bond acceptors (Lipinski definition) is 2. The standard InChI is InChI=1S/C16H23ClN2/c1-3-18-12-9-13-5-6-14(10-12)19(13)16-7-4-11(2)8-15(16)17/h4,7-8,12-14,18H,3,5-6,9-10H2,1-2H3. The van der Waals surface area contributed by atoms with E-state index in [1.807, 2.05) is 0 Å². The van der Waals surface area contributed by atoms with Crippen LogP contribution in [0.1, 0.15) is 38.2 Å². The Labute approximate surface area is 121 Å². The van der Waals surface area contributed by atoms with Crippen LogP contribution in [0.2, 0.25) is 5.02 Å². The number of piperidine rings is 1. The van der Waals surface area contributed by atoms with Crippen LogP contribution in [0.3, 0.4) is 0 Å². The summed E-state index contributed by atoms with van der Waals surface area (Å²) >= 11 is 6.46. The van der Waals surface area contributed by atoms with E-state index in [2.05, 4.69) is 42.3 Å². The molecule has 2 fully saturated rings. The van der Waals surface area contributed by atoms with Gasteiger partial charge in [0.05, 0.1) is 10.7 Å². The molecule has 1 aromatic carbocycles. The molecule has 1 aromatic rings. The van der Waals surface area contributed by atoms with Crippen molar-refractivity contribution in [1.82, 2.24) is 5.32 Å². The Morgan fingerprint density at radius 1 is 1.26 bits per heavy atom. The Balaban J connectivity index is 1.83. The Morgan fingerprint density at radius 2 is 1.95 bits per heavy atom. The first kappa shape index (κ1) is 13.3. The van der Waals surface area contributed by atoms with Gasteiger partial charge in [-0.2, -0.15) is 0 Å². The van der Waals surface area contributed by atoms with E-state index in [0.29, 0.717) is 18.1 Å². The molecule has 2 aliphatic heterocycles. The molecule has 0 amide bonds. The Morgan fingerprint density at radius 3 is 2.53 bits per heavy atom. The summed E-state index contributed by atoms with van der Waals surface area (Å²) in [5.74, 6) is 0. The third-order valence-corrected chi connectivity index (χ3v) is 4.91. The van der Waals surface area contributed by atoms with Crippen molar-refractivity contribution in [2.75, 3.05) is 11.4 Å². The van der Waals surface area contributed by atoms with Gasteiger partial charge in [-0.25, -0.2) is 0 Å². The summed E-state index contributed by atoms with van der Waals surface area (Å²) < 4.78 is 0. The second-order valence-corrected chi connectivity index (χ2v) is 6.38. The maximum absolute atomic E-state index is 6.46. The molecule has 0 aromatic heterocycles. The van der Waals surface area contributed by atoms with Gasteiger partial charge < -0.3 is 10.2 Å². The molecule has 0 aliphatic carbocycles. The van der Waals surface area contributed by atoms with E-state index in [-0.39, 0.29) is 0 Å². The number of aryl methyl sites for hydroxylation is 1. The third kappa shape index (κ3) is 2.48. The highest BCUT2D eigenvalue weighted by Gasteiger charge is 2.41. The van der Waals surface area contributed by atoms with Gasteiger partial charge in [-0.1, -0.05) is 24.6 Å². The minimum absolute atomic E-state index is 0.669. The summed E-state index contributed by atoms with van der Waals surface area (Å²) in [6.45, 7) is 5.38. The maximum atomic E-state index is 6.46. The smallest absolute Gasteiger partial charge is 0.0642 e. The number of nitrogens with one attached hydrogen (secondary N) is 1. The van der Waals surface area contributed by atoms with Crippen molar-refractivity contribution in [2.45, 2.75) is 57.7 Å². The van der Waals surface area contributed by atoms with Crippen molar-refractivity contribution in [1.29, 1.82) is 0 Å². The van der Waals surface area contributed by atoms with E-state index in [1.165, 1.54) is 36.9 Å². The van der Waals surface area contributed by atoms with E-state index < -0.39 is 0 Å². The quantitative estimate of drug-likeness (QED) is 0.906. The van der Waals surface area contributed by atoms with Gasteiger partial charge in [-0.15, -0.1) is 0 Å². The fourth-order valence-electron chi connectivity index (χ4n) is 3.85. The molecule has 2 saturated heterocycles. The minimum atomic E-state index is 0.669. The maximum Gasteiger partial charge on any atom is 0.0642 e. The van der Waals surface area contributed by atoms with Crippen molar-refractivity contribution >= 4 is 17.3 Å². The van der Waals surface area contributed by atoms with E-state index in [0.717, 1.165) is 11.6 Å². The molecule has 2 unspecified atom stereocenters. The van der Waals surface area contributed by atoms with Crippen molar-refractivity contribution in [3.05, 3.63) is 28.8 Å². The van der Waals surface area contributed by atoms with Crippen LogP contribution in [0, 0.1) is 6.92 Å². The number of halogens is 1. The van der Waals surface area contributed by atoms with Gasteiger partial charge in [-0.3, -0.25) is 0 Å². The number of anilines is 1. The van der Waals surface area contributed by atoms with Crippen LogP contribution in [0.4, 0.5) is 5.69 Å². The fraction of sp³-hybridized carbons (Fsp3) is 0.625. The Kier molecular flexibility index (Phi) is 3.72. The SMILES string of the molecule is CCNC1CC2CCC(C1)N2c1ccc(C)cc1Cl. The van der Waals surface area contributed by atoms with Gasteiger partial charge in [0.25, 0.3) is 0 Å². The van der Waals surface area contributed by atoms with E-state index in [4.69, 9.17) is 11.6 Å². The molecule has 0 radical (unpaired) electrons. The number of hydrogen-bond donors (Lipinski definition) is 1. The van der Waals surface area contributed by atoms with Crippen LogP contribution >= 0.6 is 11.6 Å². The third-order valence-electron chi connectivity index (χ3n) is 4.61. The summed E-state index contributed by atoms with van der Waals surface area (Å²) in [7, 11) is 0. The van der Waals surface area contributed by atoms with Gasteiger partial charge in [0.15, 0.2) is 0 Å². The molecule has 2 nitrogen and oxygen atoms in total. The summed E-state index contributed by atoms with van der Waals surface area (Å²) in [6.07, 6.45) is 5.15. The molecule has 3 rings (SSSR count). The van der Waals surface area contributed by atoms with Crippen molar-refractivity contribution < 1.29 is 0 Å². The normalized spacial score (nSPS) is 29.8. The molecule has 19 heavy (non-hydrogen) atoms. The molecule has 2 bridgehead atoms. The molecular formula is C16H23ClN2. The molecular weight excluding hydrogens is 256 g/mol. The van der Waals surface area contributed by atoms with Gasteiger partial charge in [0, 0.05) is 18.1 Å². The second kappa shape index (κ2) is 5.34. The summed E-state index contributed by atoms with van der Waals surface area (Å²) in [6, 6.07) is 8.51. The Bertz CT molecular complexity index is 446. The number of fused-ring (bicyclic) bond motifs is 2. The zero-order valence-electron chi connectivity index (χ0n) is 11.8. The zero-order chi connectivity index (χ0) is 13.4. The zero-order valence-corrected chi connectivity index (χ0v) is 12.6. The van der Waals surface area contributed by atoms with Crippen molar-refractivity contribution in [2.24, 2.45) is 0 Å². The number of rotatable bonds is 3. The molecule has 0 saturated carbocycles. The average Bonchev–Trinajstić information content (AvgIpc) is 2.63. The van der Waals surface area contributed by atoms with Crippen molar-refractivity contribution in [3.63, 3.8) is 0 Å². The average molecular weight is 279 g/mol. The lowest BCUT2D eigenvalue weighted by Crippen LogP contribution is -2.49. The predicted octanol–water partition coefficient (Wildman–Crippen LogP) is 3.76. The predicted molar refractivity (Wildman–Crippen MR) is 82.2 cm³/mol. The molecule has 0 spiro atoms. The van der Waals surface area contributed by atoms with Gasteiger partial charge in [0.2, 0.25) is 0 Å². The topological polar surface area (TPSA) is 15.3 Å². The first-order valence-electron chi connectivity index (χ1n) is 7.47. The van der Waals surface area contributed by atoms with Crippen LogP contribution in [0.5, 0.6) is 0 Å². The summed E-state index contributed by atoms with van der Waals surface area (Å²) in [5, 5.41) is 4.54. The van der Waals surface area contributed by atoms with Gasteiger partial charge in [0.1, 0.15) is 0 Å². The fourth-order valence-corrected chi connectivity index (χ4v) is 4.18. The number of benzene rings is 1. The minimum Gasteiger partial charge on any atom is -0.364 e. The molecule has 2 atom stereocenters. The van der Waals surface area contributed by atoms with E-state index in [1.54, 1.807) is 0 Å². The molecule has 1 N–H and O–H groups in total. The monoisotopic (exact) mass is 278 g/mol. The van der Waals surface area contributed by atoms with Crippen LogP contribution in [-0.4, -0.2) is 24.7 Å². The lowest BCUT2D eigenvalue weighted by Gasteiger charge is -2.41. The van der Waals surface area contributed by atoms with Crippen molar-refractivity contribution in [3.8, 4) is 0 Å². The summed E-state index contributed by atoms with van der Waals surface area (Å²) in [5.41, 5.74) is 2.48. The van der Waals surface area contributed by atoms with Crippen LogP contribution < -0.4 is 10.2 Å². The van der Waals surface area contributed by atoms with Crippen LogP contribution in [0.15, 0.2) is 18.2 Å². The highest BCUT2D eigenvalue weighted by Crippen LogP contribution is 2.42. The Hall–Kier alpha value is -0.730. The first-order chi connectivity index (χ1) is 9.19. The van der Waals surface area contributed by atoms with Gasteiger partial charge >= 0.3 is 0 Å². The molecule has 2 aliphatic rings. The lowest BCUT2D eigenvalue weighted by atomic mass is 9.96. The number of nitrogens with zero attached hydrogens (tertiary/aromatic N) is 1. The highest BCUT2D eigenvalue weighted by molar-refractivity contribution is 6.33. The molecule has 2 heterocycles. The van der Waals surface area contributed by atoms with Crippen LogP contribution in [0.25, 0.3) is 0 Å². The molecule has 3 heteroatoms. The lowest BCUT2D eigenvalue weighted by molar-refractivity contribution is 0.361. The van der Waals surface area contributed by atoms with Crippen LogP contribution in [-0.2, 0) is 0 Å². The van der Waals surface area contributed by atoms with E-state index in [9.17, 15) is 0 Å². The highest BCUT2D eigenvalue weighted by atomic mass is 35.5.